The second-order valence-corrected chi connectivity index (χ2v) is 5.87. The monoisotopic (exact) mass is 225 g/mol. The lowest BCUT2D eigenvalue weighted by molar-refractivity contribution is -0.144. The predicted octanol–water partition coefficient (Wildman–Crippen LogP) is 3.24. The summed E-state index contributed by atoms with van der Waals surface area (Å²) in [5.41, 5.74) is 6.40. The van der Waals surface area contributed by atoms with Crippen molar-refractivity contribution in [1.29, 1.82) is 0 Å². The van der Waals surface area contributed by atoms with Gasteiger partial charge in [0.15, 0.2) is 0 Å². The number of rotatable bonds is 5. The van der Waals surface area contributed by atoms with Crippen molar-refractivity contribution in [3.05, 3.63) is 0 Å². The Morgan fingerprint density at radius 1 is 1.38 bits per heavy atom. The van der Waals surface area contributed by atoms with Gasteiger partial charge in [0, 0.05) is 12.6 Å². The van der Waals surface area contributed by atoms with Gasteiger partial charge in [-0.25, -0.2) is 0 Å². The number of hydrogen-bond acceptors (Lipinski definition) is 2. The molecular weight excluding hydrogens is 198 g/mol. The van der Waals surface area contributed by atoms with Crippen molar-refractivity contribution in [3.63, 3.8) is 0 Å². The lowest BCUT2D eigenvalue weighted by Gasteiger charge is -2.47. The van der Waals surface area contributed by atoms with Crippen LogP contribution >= 0.6 is 0 Å². The van der Waals surface area contributed by atoms with Crippen LogP contribution in [-0.4, -0.2) is 18.2 Å². The third-order valence-electron chi connectivity index (χ3n) is 4.46. The van der Waals surface area contributed by atoms with Gasteiger partial charge in [-0.2, -0.15) is 0 Å². The fourth-order valence-corrected chi connectivity index (χ4v) is 3.26. The van der Waals surface area contributed by atoms with Crippen LogP contribution in [0.3, 0.4) is 0 Å². The molecule has 0 aromatic carbocycles. The van der Waals surface area contributed by atoms with Crippen molar-refractivity contribution >= 4 is 0 Å². The van der Waals surface area contributed by atoms with Gasteiger partial charge in [-0.05, 0) is 57.3 Å². The number of ether oxygens (including phenoxy) is 1. The van der Waals surface area contributed by atoms with Crippen molar-refractivity contribution < 1.29 is 4.74 Å². The summed E-state index contributed by atoms with van der Waals surface area (Å²) in [6, 6.07) is 0.435. The molecule has 1 aliphatic carbocycles. The molecule has 2 nitrogen and oxygen atoms in total. The summed E-state index contributed by atoms with van der Waals surface area (Å²) in [6.45, 7) is 3.21. The fourth-order valence-electron chi connectivity index (χ4n) is 3.26. The van der Waals surface area contributed by atoms with Crippen LogP contribution in [0.4, 0.5) is 0 Å². The van der Waals surface area contributed by atoms with E-state index in [9.17, 15) is 0 Å². The molecule has 2 aliphatic rings. The zero-order valence-corrected chi connectivity index (χ0v) is 10.7. The van der Waals surface area contributed by atoms with E-state index in [1.165, 1.54) is 57.8 Å². The quantitative estimate of drug-likeness (QED) is 0.779. The van der Waals surface area contributed by atoms with Crippen molar-refractivity contribution in [1.82, 2.24) is 0 Å². The molecule has 1 saturated heterocycles. The van der Waals surface area contributed by atoms with E-state index in [1.54, 1.807) is 0 Å². The van der Waals surface area contributed by atoms with Gasteiger partial charge in [0.1, 0.15) is 0 Å². The van der Waals surface area contributed by atoms with E-state index in [0.717, 1.165) is 12.5 Å². The first-order valence-electron chi connectivity index (χ1n) is 7.14. The van der Waals surface area contributed by atoms with Crippen LogP contribution in [0.2, 0.25) is 0 Å². The second kappa shape index (κ2) is 5.50. The summed E-state index contributed by atoms with van der Waals surface area (Å²) >= 11 is 0. The Labute approximate surface area is 99.9 Å². The Bertz CT molecular complexity index is 213. The molecule has 2 N–H and O–H groups in total. The smallest absolute Gasteiger partial charge is 0.0685 e. The molecule has 1 spiro atoms. The van der Waals surface area contributed by atoms with Crippen LogP contribution in [0.15, 0.2) is 0 Å². The standard InChI is InChI=1S/C14H27NO/c1-2-4-13(15)6-5-12-7-10-16-14(11-12)8-3-9-14/h12-13H,2-11,15H2,1H3. The van der Waals surface area contributed by atoms with E-state index in [0.29, 0.717) is 11.6 Å². The Hall–Kier alpha value is -0.0800. The molecule has 1 aliphatic heterocycles. The van der Waals surface area contributed by atoms with Crippen LogP contribution in [0.5, 0.6) is 0 Å². The minimum Gasteiger partial charge on any atom is -0.375 e. The maximum Gasteiger partial charge on any atom is 0.0685 e. The molecule has 2 rings (SSSR count). The van der Waals surface area contributed by atoms with Gasteiger partial charge in [0.2, 0.25) is 0 Å². The third kappa shape index (κ3) is 2.98. The summed E-state index contributed by atoms with van der Waals surface area (Å²) in [5.74, 6) is 0.886. The van der Waals surface area contributed by atoms with E-state index >= 15 is 0 Å². The van der Waals surface area contributed by atoms with Gasteiger partial charge in [0.05, 0.1) is 5.60 Å². The summed E-state index contributed by atoms with van der Waals surface area (Å²) < 4.78 is 5.95. The van der Waals surface area contributed by atoms with Gasteiger partial charge in [-0.15, -0.1) is 0 Å². The first-order chi connectivity index (χ1) is 7.74. The molecule has 0 radical (unpaired) electrons. The van der Waals surface area contributed by atoms with Crippen molar-refractivity contribution in [3.8, 4) is 0 Å². The number of hydrogen-bond donors (Lipinski definition) is 1. The van der Waals surface area contributed by atoms with Gasteiger partial charge >= 0.3 is 0 Å². The van der Waals surface area contributed by atoms with E-state index in [2.05, 4.69) is 6.92 Å². The minimum absolute atomic E-state index is 0.317. The summed E-state index contributed by atoms with van der Waals surface area (Å²) in [7, 11) is 0. The first-order valence-corrected chi connectivity index (χ1v) is 7.14. The normalized spacial score (nSPS) is 30.0. The lowest BCUT2D eigenvalue weighted by Crippen LogP contribution is -2.45. The Morgan fingerprint density at radius 2 is 2.19 bits per heavy atom. The molecule has 0 aromatic heterocycles. The molecular formula is C14H27NO. The molecule has 0 aromatic rings. The van der Waals surface area contributed by atoms with Crippen LogP contribution in [0, 0.1) is 5.92 Å². The summed E-state index contributed by atoms with van der Waals surface area (Å²) in [4.78, 5) is 0. The third-order valence-corrected chi connectivity index (χ3v) is 4.46. The predicted molar refractivity (Wildman–Crippen MR) is 67.4 cm³/mol. The molecule has 2 fully saturated rings. The molecule has 1 heterocycles. The average molecular weight is 225 g/mol. The van der Waals surface area contributed by atoms with Crippen LogP contribution in [-0.2, 0) is 4.74 Å². The lowest BCUT2D eigenvalue weighted by atomic mass is 9.71. The van der Waals surface area contributed by atoms with E-state index in [4.69, 9.17) is 10.5 Å². The van der Waals surface area contributed by atoms with E-state index < -0.39 is 0 Å². The summed E-state index contributed by atoms with van der Waals surface area (Å²) in [5, 5.41) is 0. The Morgan fingerprint density at radius 3 is 2.81 bits per heavy atom. The van der Waals surface area contributed by atoms with Gasteiger partial charge in [-0.1, -0.05) is 13.3 Å². The molecule has 94 valence electrons. The first kappa shape index (κ1) is 12.4. The highest BCUT2D eigenvalue weighted by atomic mass is 16.5. The van der Waals surface area contributed by atoms with Gasteiger partial charge < -0.3 is 10.5 Å². The zero-order chi connectivity index (χ0) is 11.4. The molecule has 2 atom stereocenters. The average Bonchev–Trinajstić information content (AvgIpc) is 2.25. The van der Waals surface area contributed by atoms with Gasteiger partial charge in [0.25, 0.3) is 0 Å². The maximum atomic E-state index is 6.08. The molecule has 0 amide bonds. The second-order valence-electron chi connectivity index (χ2n) is 5.87. The van der Waals surface area contributed by atoms with E-state index in [1.807, 2.05) is 0 Å². The topological polar surface area (TPSA) is 35.2 Å². The van der Waals surface area contributed by atoms with Crippen molar-refractivity contribution in [2.24, 2.45) is 11.7 Å². The van der Waals surface area contributed by atoms with Crippen LogP contribution in [0.25, 0.3) is 0 Å². The minimum atomic E-state index is 0.317. The molecule has 2 heteroatoms. The van der Waals surface area contributed by atoms with Crippen LogP contribution < -0.4 is 5.73 Å². The molecule has 1 saturated carbocycles. The molecule has 16 heavy (non-hydrogen) atoms. The molecule has 2 unspecified atom stereocenters. The zero-order valence-electron chi connectivity index (χ0n) is 10.7. The highest BCUT2D eigenvalue weighted by Crippen LogP contribution is 2.45. The summed E-state index contributed by atoms with van der Waals surface area (Å²) in [6.07, 6.45) is 11.5. The van der Waals surface area contributed by atoms with Gasteiger partial charge in [-0.3, -0.25) is 0 Å². The van der Waals surface area contributed by atoms with Crippen LogP contribution in [0.1, 0.15) is 64.7 Å². The Kier molecular flexibility index (Phi) is 4.26. The molecule has 0 bridgehead atoms. The highest BCUT2D eigenvalue weighted by Gasteiger charge is 2.42. The Balaban J connectivity index is 1.69. The largest absolute Gasteiger partial charge is 0.375 e. The highest BCUT2D eigenvalue weighted by molar-refractivity contribution is 4.94. The SMILES string of the molecule is CCCC(N)CCC1CCOC2(CCC2)C1. The van der Waals surface area contributed by atoms with Crippen molar-refractivity contribution in [2.45, 2.75) is 76.4 Å². The maximum absolute atomic E-state index is 6.08. The van der Waals surface area contributed by atoms with E-state index in [-0.39, 0.29) is 0 Å². The number of nitrogens with two attached hydrogens (primary N) is 1. The van der Waals surface area contributed by atoms with Crippen molar-refractivity contribution in [2.75, 3.05) is 6.61 Å². The fraction of sp³-hybridized carbons (Fsp3) is 1.00.